The van der Waals surface area contributed by atoms with Crippen LogP contribution in [-0.2, 0) is 0 Å². The van der Waals surface area contributed by atoms with E-state index in [1.165, 1.54) is 22.3 Å². The van der Waals surface area contributed by atoms with Gasteiger partial charge in [-0.2, -0.15) is 0 Å². The Morgan fingerprint density at radius 1 is 0.250 bits per heavy atom. The van der Waals surface area contributed by atoms with E-state index in [1.807, 2.05) is 12.1 Å². The molecule has 0 aliphatic heterocycles. The Morgan fingerprint density at radius 3 is 0.767 bits per heavy atom. The first-order valence-corrected chi connectivity index (χ1v) is 20.5. The quantitative estimate of drug-likeness (QED) is 0.108. The zero-order valence-corrected chi connectivity index (χ0v) is 34.1. The van der Waals surface area contributed by atoms with Gasteiger partial charge in [-0.05, 0) is 120 Å². The van der Waals surface area contributed by atoms with E-state index in [9.17, 15) is 0 Å². The molecule has 60 heavy (non-hydrogen) atoms. The Morgan fingerprint density at radius 2 is 0.483 bits per heavy atom. The first kappa shape index (κ1) is 39.2. The topological polar surface area (TPSA) is 6.48 Å². The van der Waals surface area contributed by atoms with Gasteiger partial charge in [-0.15, -0.1) is 0 Å². The van der Waals surface area contributed by atoms with E-state index in [0.717, 1.165) is 56.4 Å². The molecular formula is C58H48N2. The summed E-state index contributed by atoms with van der Waals surface area (Å²) in [7, 11) is 0. The summed E-state index contributed by atoms with van der Waals surface area (Å²) >= 11 is 0. The van der Waals surface area contributed by atoms with Crippen LogP contribution < -0.4 is 9.80 Å². The van der Waals surface area contributed by atoms with E-state index < -0.39 is 0 Å². The normalized spacial score (nSPS) is 11.6. The van der Waals surface area contributed by atoms with E-state index in [-0.39, 0.29) is 0 Å². The molecule has 2 nitrogen and oxygen atoms in total. The molecule has 0 unspecified atom stereocenters. The van der Waals surface area contributed by atoms with Gasteiger partial charge in [-0.25, -0.2) is 0 Å². The molecule has 8 aromatic rings. The van der Waals surface area contributed by atoms with Crippen LogP contribution in [0.3, 0.4) is 0 Å². The van der Waals surface area contributed by atoms with Gasteiger partial charge in [0.15, 0.2) is 0 Å². The second-order valence-corrected chi connectivity index (χ2v) is 14.9. The highest BCUT2D eigenvalue weighted by Gasteiger charge is 2.15. The molecule has 0 heterocycles. The molecule has 2 heteroatoms. The third-order valence-corrected chi connectivity index (χ3v) is 10.4. The lowest BCUT2D eigenvalue weighted by atomic mass is 10.0. The van der Waals surface area contributed by atoms with Crippen LogP contribution in [0.25, 0.3) is 35.4 Å². The SMILES string of the molecule is Cc1ccc(N(c2ccc(/C=C/C=C/c3ccccc3)cc2)c2ccc(-c3ccc(N(c4ccc(C)cc4)c4ccc(/C=C/C=C/c5ccccc5)cc4)cc3)cc2)cc1. The Bertz CT molecular complexity index is 2490. The summed E-state index contributed by atoms with van der Waals surface area (Å²) in [6.45, 7) is 4.26. The first-order chi connectivity index (χ1) is 29.6. The molecular weight excluding hydrogens is 725 g/mol. The zero-order chi connectivity index (χ0) is 40.9. The molecule has 0 spiro atoms. The molecule has 0 radical (unpaired) electrons. The maximum atomic E-state index is 2.32. The average molecular weight is 773 g/mol. The van der Waals surface area contributed by atoms with Crippen LogP contribution in [0.2, 0.25) is 0 Å². The lowest BCUT2D eigenvalue weighted by molar-refractivity contribution is 1.27. The smallest absolute Gasteiger partial charge is 0.0462 e. The molecule has 0 aliphatic rings. The number of hydrogen-bond acceptors (Lipinski definition) is 2. The average Bonchev–Trinajstić information content (AvgIpc) is 3.30. The molecule has 0 fully saturated rings. The molecule has 0 aromatic heterocycles. The molecule has 8 aromatic carbocycles. The third kappa shape index (κ3) is 10.1. The molecule has 0 atom stereocenters. The second kappa shape index (κ2) is 19.2. The maximum absolute atomic E-state index is 2.32. The van der Waals surface area contributed by atoms with E-state index >= 15 is 0 Å². The van der Waals surface area contributed by atoms with Crippen LogP contribution in [0.1, 0.15) is 33.4 Å². The number of anilines is 6. The fourth-order valence-corrected chi connectivity index (χ4v) is 7.15. The summed E-state index contributed by atoms with van der Waals surface area (Å²) < 4.78 is 0. The lowest BCUT2D eigenvalue weighted by Crippen LogP contribution is -2.10. The first-order valence-electron chi connectivity index (χ1n) is 20.5. The van der Waals surface area contributed by atoms with Crippen LogP contribution in [0.15, 0.2) is 231 Å². The van der Waals surface area contributed by atoms with Crippen molar-refractivity contribution in [1.82, 2.24) is 0 Å². The second-order valence-electron chi connectivity index (χ2n) is 14.9. The van der Waals surface area contributed by atoms with E-state index in [4.69, 9.17) is 0 Å². The molecule has 0 amide bonds. The molecule has 0 N–H and O–H groups in total. The lowest BCUT2D eigenvalue weighted by Gasteiger charge is -2.26. The predicted octanol–water partition coefficient (Wildman–Crippen LogP) is 16.4. The van der Waals surface area contributed by atoms with Gasteiger partial charge in [0.1, 0.15) is 0 Å². The van der Waals surface area contributed by atoms with Crippen molar-refractivity contribution in [3.63, 3.8) is 0 Å². The summed E-state index contributed by atoms with van der Waals surface area (Å²) in [6.07, 6.45) is 16.9. The number of benzene rings is 8. The van der Waals surface area contributed by atoms with Gasteiger partial charge in [0, 0.05) is 34.1 Å². The summed E-state index contributed by atoms with van der Waals surface area (Å²) in [6, 6.07) is 73.5. The molecule has 0 saturated carbocycles. The van der Waals surface area contributed by atoms with Crippen molar-refractivity contribution in [2.75, 3.05) is 9.80 Å². The summed E-state index contributed by atoms with van der Waals surface area (Å²) in [5, 5.41) is 0. The number of rotatable bonds is 13. The molecule has 0 aliphatic carbocycles. The minimum absolute atomic E-state index is 1.10. The number of allylic oxidation sites excluding steroid dienone is 4. The highest BCUT2D eigenvalue weighted by Crippen LogP contribution is 2.38. The number of nitrogens with zero attached hydrogens (tertiary/aromatic N) is 2. The maximum Gasteiger partial charge on any atom is 0.0462 e. The Kier molecular flexibility index (Phi) is 12.5. The van der Waals surface area contributed by atoms with Crippen molar-refractivity contribution < 1.29 is 0 Å². The van der Waals surface area contributed by atoms with E-state index in [0.29, 0.717) is 0 Å². The van der Waals surface area contributed by atoms with Gasteiger partial charge in [0.25, 0.3) is 0 Å². The highest BCUT2D eigenvalue weighted by molar-refractivity contribution is 5.81. The van der Waals surface area contributed by atoms with Crippen molar-refractivity contribution in [3.8, 4) is 11.1 Å². The fraction of sp³-hybridized carbons (Fsp3) is 0.0345. The van der Waals surface area contributed by atoms with Crippen molar-refractivity contribution in [3.05, 3.63) is 264 Å². The Labute approximate surface area is 355 Å². The van der Waals surface area contributed by atoms with Crippen LogP contribution in [0.4, 0.5) is 34.1 Å². The third-order valence-electron chi connectivity index (χ3n) is 10.4. The van der Waals surface area contributed by atoms with Gasteiger partial charge in [0.2, 0.25) is 0 Å². The molecule has 8 rings (SSSR count). The van der Waals surface area contributed by atoms with Gasteiger partial charge >= 0.3 is 0 Å². The van der Waals surface area contributed by atoms with Crippen molar-refractivity contribution >= 4 is 58.4 Å². The van der Waals surface area contributed by atoms with Gasteiger partial charge in [0.05, 0.1) is 0 Å². The minimum Gasteiger partial charge on any atom is -0.311 e. The van der Waals surface area contributed by atoms with Crippen molar-refractivity contribution in [2.45, 2.75) is 13.8 Å². The molecule has 0 bridgehead atoms. The largest absolute Gasteiger partial charge is 0.311 e. The number of aryl methyl sites for hydroxylation is 2. The van der Waals surface area contributed by atoms with E-state index in [1.54, 1.807) is 0 Å². The monoisotopic (exact) mass is 772 g/mol. The Balaban J connectivity index is 1.01. The predicted molar refractivity (Wildman–Crippen MR) is 260 cm³/mol. The van der Waals surface area contributed by atoms with Crippen molar-refractivity contribution in [1.29, 1.82) is 0 Å². The van der Waals surface area contributed by atoms with Crippen molar-refractivity contribution in [2.24, 2.45) is 0 Å². The van der Waals surface area contributed by atoms with Crippen LogP contribution >= 0.6 is 0 Å². The zero-order valence-electron chi connectivity index (χ0n) is 34.1. The molecule has 0 saturated heterocycles. The minimum atomic E-state index is 1.10. The highest BCUT2D eigenvalue weighted by atomic mass is 15.1. The van der Waals surface area contributed by atoms with Gasteiger partial charge in [-0.3, -0.25) is 0 Å². The Hall–Kier alpha value is -7.68. The van der Waals surface area contributed by atoms with Gasteiger partial charge < -0.3 is 9.80 Å². The fourth-order valence-electron chi connectivity index (χ4n) is 7.15. The van der Waals surface area contributed by atoms with Crippen LogP contribution in [0, 0.1) is 13.8 Å². The summed E-state index contributed by atoms with van der Waals surface area (Å²) in [5.74, 6) is 0. The van der Waals surface area contributed by atoms with Crippen LogP contribution in [-0.4, -0.2) is 0 Å². The standard InChI is InChI=1S/C58H48N2/c1-45-21-33-53(34-22-45)59(55-37-25-49(26-38-55)19-11-9-17-47-13-5-3-6-14-47)57-41-29-51(30-42-57)52-31-43-58(44-32-52)60(54-35-23-46(2)24-36-54)56-39-27-50(28-40-56)20-12-10-18-48-15-7-4-8-16-48/h3-44H,1-2H3/b17-9+,18-10+,19-11+,20-12+. The summed E-state index contributed by atoms with van der Waals surface area (Å²) in [5.41, 5.74) is 16.1. The number of hydrogen-bond donors (Lipinski definition) is 0. The summed E-state index contributed by atoms with van der Waals surface area (Å²) in [4.78, 5) is 4.63. The molecule has 290 valence electrons. The van der Waals surface area contributed by atoms with E-state index in [2.05, 4.69) is 266 Å². The van der Waals surface area contributed by atoms with Crippen LogP contribution in [0.5, 0.6) is 0 Å². The van der Waals surface area contributed by atoms with Gasteiger partial charge in [-0.1, -0.05) is 193 Å².